The molecule has 1 unspecified atom stereocenters. The van der Waals surface area contributed by atoms with Gasteiger partial charge in [-0.25, -0.2) is 0 Å². The summed E-state index contributed by atoms with van der Waals surface area (Å²) in [4.78, 5) is 29.6. The number of ether oxygens (including phenoxy) is 1. The molecule has 2 amide bonds. The monoisotopic (exact) mass is 403 g/mol. The van der Waals surface area contributed by atoms with E-state index in [0.717, 1.165) is 11.1 Å². The molecule has 154 valence electrons. The predicted octanol–water partition coefficient (Wildman–Crippen LogP) is 4.12. The van der Waals surface area contributed by atoms with E-state index in [1.807, 2.05) is 50.2 Å². The normalized spacial score (nSPS) is 11.4. The molecule has 0 bridgehead atoms. The first kappa shape index (κ1) is 21.0. The first-order chi connectivity index (χ1) is 14.6. The van der Waals surface area contributed by atoms with Gasteiger partial charge in [0.15, 0.2) is 6.10 Å². The average molecular weight is 403 g/mol. The number of anilines is 1. The number of aromatic nitrogens is 1. The molecule has 0 aliphatic carbocycles. The molecule has 0 fully saturated rings. The van der Waals surface area contributed by atoms with Crippen LogP contribution in [0.1, 0.15) is 34.8 Å². The fourth-order valence-corrected chi connectivity index (χ4v) is 2.95. The van der Waals surface area contributed by atoms with E-state index in [1.165, 1.54) is 0 Å². The summed E-state index contributed by atoms with van der Waals surface area (Å²) < 4.78 is 5.91. The number of pyridine rings is 1. The van der Waals surface area contributed by atoms with Crippen LogP contribution in [0.5, 0.6) is 5.75 Å². The maximum Gasteiger partial charge on any atom is 0.265 e. The van der Waals surface area contributed by atoms with Gasteiger partial charge in [0.2, 0.25) is 0 Å². The molecule has 1 aromatic heterocycles. The third kappa shape index (κ3) is 5.44. The van der Waals surface area contributed by atoms with Crippen molar-refractivity contribution in [2.24, 2.45) is 0 Å². The van der Waals surface area contributed by atoms with Gasteiger partial charge >= 0.3 is 0 Å². The number of aryl methyl sites for hydroxylation is 1. The molecule has 1 heterocycles. The van der Waals surface area contributed by atoms with Crippen LogP contribution < -0.4 is 15.4 Å². The van der Waals surface area contributed by atoms with Gasteiger partial charge in [0.25, 0.3) is 11.8 Å². The van der Waals surface area contributed by atoms with E-state index in [9.17, 15) is 9.59 Å². The minimum Gasteiger partial charge on any atom is -0.480 e. The maximum atomic E-state index is 12.8. The summed E-state index contributed by atoms with van der Waals surface area (Å²) >= 11 is 0. The van der Waals surface area contributed by atoms with Crippen LogP contribution in [0.15, 0.2) is 73.1 Å². The molecule has 1 atom stereocenters. The zero-order chi connectivity index (χ0) is 21.3. The summed E-state index contributed by atoms with van der Waals surface area (Å²) in [5, 5.41) is 5.70. The highest BCUT2D eigenvalue weighted by Gasteiger charge is 2.21. The van der Waals surface area contributed by atoms with Gasteiger partial charge in [-0.1, -0.05) is 43.3 Å². The van der Waals surface area contributed by atoms with E-state index in [4.69, 9.17) is 4.74 Å². The first-order valence-electron chi connectivity index (χ1n) is 9.87. The number of hydrogen-bond donors (Lipinski definition) is 2. The Hall–Kier alpha value is -3.67. The highest BCUT2D eigenvalue weighted by Crippen LogP contribution is 2.21. The molecule has 2 N–H and O–H groups in total. The quantitative estimate of drug-likeness (QED) is 0.593. The van der Waals surface area contributed by atoms with Crippen molar-refractivity contribution >= 4 is 17.5 Å². The zero-order valence-electron chi connectivity index (χ0n) is 17.1. The molecule has 0 radical (unpaired) electrons. The molecule has 0 saturated heterocycles. The highest BCUT2D eigenvalue weighted by molar-refractivity contribution is 6.04. The topological polar surface area (TPSA) is 80.3 Å². The van der Waals surface area contributed by atoms with Crippen molar-refractivity contribution in [1.29, 1.82) is 0 Å². The van der Waals surface area contributed by atoms with Gasteiger partial charge in [-0.3, -0.25) is 14.6 Å². The smallest absolute Gasteiger partial charge is 0.265 e. The van der Waals surface area contributed by atoms with Crippen molar-refractivity contribution in [2.75, 3.05) is 5.32 Å². The number of benzene rings is 2. The third-order valence-corrected chi connectivity index (χ3v) is 4.63. The second kappa shape index (κ2) is 10.2. The summed E-state index contributed by atoms with van der Waals surface area (Å²) in [6, 6.07) is 18.2. The minimum absolute atomic E-state index is 0.275. The molecule has 3 aromatic rings. The molecule has 30 heavy (non-hydrogen) atoms. The summed E-state index contributed by atoms with van der Waals surface area (Å²) in [5.74, 6) is 0.0953. The van der Waals surface area contributed by atoms with Crippen molar-refractivity contribution in [2.45, 2.75) is 32.9 Å². The lowest BCUT2D eigenvalue weighted by Crippen LogP contribution is -2.33. The van der Waals surface area contributed by atoms with Gasteiger partial charge < -0.3 is 15.4 Å². The van der Waals surface area contributed by atoms with Crippen molar-refractivity contribution in [3.63, 3.8) is 0 Å². The Balaban J connectivity index is 1.69. The first-order valence-corrected chi connectivity index (χ1v) is 9.87. The van der Waals surface area contributed by atoms with Crippen LogP contribution in [0.4, 0.5) is 5.69 Å². The fourth-order valence-electron chi connectivity index (χ4n) is 2.95. The lowest BCUT2D eigenvalue weighted by molar-refractivity contribution is -0.122. The molecule has 3 rings (SSSR count). The van der Waals surface area contributed by atoms with E-state index in [0.29, 0.717) is 30.0 Å². The minimum atomic E-state index is -0.669. The molecular formula is C24H25N3O3. The molecule has 0 spiro atoms. The Morgan fingerprint density at radius 3 is 2.53 bits per heavy atom. The Bertz CT molecular complexity index is 1010. The number of hydrogen-bond acceptors (Lipinski definition) is 4. The number of carbonyl (C=O) groups is 2. The molecule has 6 nitrogen and oxygen atoms in total. The van der Waals surface area contributed by atoms with Crippen LogP contribution in [0.25, 0.3) is 0 Å². The van der Waals surface area contributed by atoms with Gasteiger partial charge in [0.05, 0.1) is 11.3 Å². The van der Waals surface area contributed by atoms with Crippen LogP contribution in [0.2, 0.25) is 0 Å². The summed E-state index contributed by atoms with van der Waals surface area (Å²) in [6.07, 6.45) is 3.20. The molecular weight excluding hydrogens is 378 g/mol. The molecule has 0 aliphatic heterocycles. The van der Waals surface area contributed by atoms with E-state index >= 15 is 0 Å². The van der Waals surface area contributed by atoms with Crippen molar-refractivity contribution in [1.82, 2.24) is 10.3 Å². The highest BCUT2D eigenvalue weighted by atomic mass is 16.5. The van der Waals surface area contributed by atoms with E-state index in [-0.39, 0.29) is 11.8 Å². The molecule has 0 saturated carbocycles. The van der Waals surface area contributed by atoms with Crippen LogP contribution in [-0.4, -0.2) is 22.9 Å². The van der Waals surface area contributed by atoms with E-state index in [1.54, 1.807) is 36.7 Å². The van der Waals surface area contributed by atoms with Crippen LogP contribution >= 0.6 is 0 Å². The van der Waals surface area contributed by atoms with Crippen molar-refractivity contribution in [3.8, 4) is 5.75 Å². The largest absolute Gasteiger partial charge is 0.480 e. The average Bonchev–Trinajstić information content (AvgIpc) is 2.78. The summed E-state index contributed by atoms with van der Waals surface area (Å²) in [5.41, 5.74) is 2.68. The van der Waals surface area contributed by atoms with Crippen molar-refractivity contribution in [3.05, 3.63) is 89.7 Å². The van der Waals surface area contributed by atoms with Gasteiger partial charge in [0, 0.05) is 18.9 Å². The van der Waals surface area contributed by atoms with Gasteiger partial charge in [-0.05, 0) is 48.7 Å². The summed E-state index contributed by atoms with van der Waals surface area (Å²) in [7, 11) is 0. The second-order valence-electron chi connectivity index (χ2n) is 6.86. The number of amides is 2. The standard InChI is InChI=1S/C24H25N3O3/c1-3-21(30-22-13-7-4-9-17(22)2)24(29)27-20-12-6-5-11-19(20)23(28)26-16-18-10-8-14-25-15-18/h4-15,21H,3,16H2,1-2H3,(H,26,28)(H,27,29). The Labute approximate surface area is 176 Å². The third-order valence-electron chi connectivity index (χ3n) is 4.63. The Morgan fingerprint density at radius 1 is 1.03 bits per heavy atom. The summed E-state index contributed by atoms with van der Waals surface area (Å²) in [6.45, 7) is 4.17. The molecule has 6 heteroatoms. The molecule has 2 aromatic carbocycles. The Morgan fingerprint density at radius 2 is 1.80 bits per heavy atom. The van der Waals surface area contributed by atoms with Gasteiger partial charge in [0.1, 0.15) is 5.75 Å². The number of rotatable bonds is 8. The van der Waals surface area contributed by atoms with Crippen LogP contribution in [-0.2, 0) is 11.3 Å². The number of nitrogens with one attached hydrogen (secondary N) is 2. The van der Waals surface area contributed by atoms with Crippen LogP contribution in [0.3, 0.4) is 0 Å². The number of carbonyl (C=O) groups excluding carboxylic acids is 2. The lowest BCUT2D eigenvalue weighted by atomic mass is 10.1. The van der Waals surface area contributed by atoms with E-state index < -0.39 is 6.10 Å². The van der Waals surface area contributed by atoms with E-state index in [2.05, 4.69) is 15.6 Å². The van der Waals surface area contributed by atoms with Gasteiger partial charge in [-0.2, -0.15) is 0 Å². The van der Waals surface area contributed by atoms with Gasteiger partial charge in [-0.15, -0.1) is 0 Å². The fraction of sp³-hybridized carbons (Fsp3) is 0.208. The zero-order valence-corrected chi connectivity index (χ0v) is 17.1. The molecule has 0 aliphatic rings. The SMILES string of the molecule is CCC(Oc1ccccc1C)C(=O)Nc1ccccc1C(=O)NCc1cccnc1. The lowest BCUT2D eigenvalue weighted by Gasteiger charge is -2.19. The van der Waals surface area contributed by atoms with Crippen molar-refractivity contribution < 1.29 is 14.3 Å². The second-order valence-corrected chi connectivity index (χ2v) is 6.86. The number of nitrogens with zero attached hydrogens (tertiary/aromatic N) is 1. The number of para-hydroxylation sites is 2. The predicted molar refractivity (Wildman–Crippen MR) is 116 cm³/mol. The maximum absolute atomic E-state index is 12.8. The van der Waals surface area contributed by atoms with Crippen LogP contribution in [0, 0.1) is 6.92 Å². The Kier molecular flexibility index (Phi) is 7.16.